The van der Waals surface area contributed by atoms with E-state index in [2.05, 4.69) is 15.5 Å². The SMILES string of the molecule is Cc1cccc(NC(=O)CN2CCN(C(=O)CCC3Cc4ccccc4NC3=O)CC2)c1C. The van der Waals surface area contributed by atoms with Crippen molar-refractivity contribution in [2.24, 2.45) is 5.92 Å². The Morgan fingerprint density at radius 1 is 1.03 bits per heavy atom. The second-order valence-corrected chi connectivity index (χ2v) is 9.04. The Balaban J connectivity index is 1.20. The molecule has 1 saturated heterocycles. The quantitative estimate of drug-likeness (QED) is 0.712. The average molecular weight is 449 g/mol. The van der Waals surface area contributed by atoms with Gasteiger partial charge in [0, 0.05) is 49.9 Å². The van der Waals surface area contributed by atoms with Gasteiger partial charge in [-0.15, -0.1) is 0 Å². The van der Waals surface area contributed by atoms with Gasteiger partial charge in [0.25, 0.3) is 0 Å². The van der Waals surface area contributed by atoms with Crippen LogP contribution in [0.3, 0.4) is 0 Å². The smallest absolute Gasteiger partial charge is 0.238 e. The van der Waals surface area contributed by atoms with Gasteiger partial charge in [0.05, 0.1) is 6.54 Å². The van der Waals surface area contributed by atoms with E-state index in [1.807, 2.05) is 61.2 Å². The summed E-state index contributed by atoms with van der Waals surface area (Å²) in [5, 5.41) is 5.95. The van der Waals surface area contributed by atoms with E-state index < -0.39 is 0 Å². The number of piperazine rings is 1. The van der Waals surface area contributed by atoms with E-state index in [0.717, 1.165) is 28.1 Å². The van der Waals surface area contributed by atoms with Crippen molar-refractivity contribution >= 4 is 29.1 Å². The number of nitrogens with zero attached hydrogens (tertiary/aromatic N) is 2. The summed E-state index contributed by atoms with van der Waals surface area (Å²) in [4.78, 5) is 41.5. The largest absolute Gasteiger partial charge is 0.340 e. The minimum absolute atomic E-state index is 0.00109. The molecule has 1 atom stereocenters. The molecule has 0 saturated carbocycles. The normalized spacial score (nSPS) is 18.4. The zero-order valence-electron chi connectivity index (χ0n) is 19.4. The lowest BCUT2D eigenvalue weighted by atomic mass is 9.89. The molecule has 7 heteroatoms. The van der Waals surface area contributed by atoms with Crippen LogP contribution in [0.4, 0.5) is 11.4 Å². The molecule has 2 aromatic carbocycles. The fourth-order valence-electron chi connectivity index (χ4n) is 4.54. The fourth-order valence-corrected chi connectivity index (χ4v) is 4.54. The number of fused-ring (bicyclic) bond motifs is 1. The lowest BCUT2D eigenvalue weighted by Gasteiger charge is -2.34. The lowest BCUT2D eigenvalue weighted by Crippen LogP contribution is -2.50. The maximum Gasteiger partial charge on any atom is 0.238 e. The van der Waals surface area contributed by atoms with Crippen LogP contribution in [0, 0.1) is 19.8 Å². The maximum absolute atomic E-state index is 12.7. The molecule has 1 fully saturated rings. The van der Waals surface area contributed by atoms with Crippen LogP contribution in [0.1, 0.15) is 29.5 Å². The zero-order chi connectivity index (χ0) is 23.4. The van der Waals surface area contributed by atoms with Crippen molar-refractivity contribution in [2.45, 2.75) is 33.1 Å². The number of benzene rings is 2. The first-order valence-electron chi connectivity index (χ1n) is 11.7. The Morgan fingerprint density at radius 3 is 2.58 bits per heavy atom. The molecule has 0 aromatic heterocycles. The summed E-state index contributed by atoms with van der Waals surface area (Å²) < 4.78 is 0. The molecule has 2 aliphatic heterocycles. The number of anilines is 2. The van der Waals surface area contributed by atoms with Crippen molar-refractivity contribution in [3.05, 3.63) is 59.2 Å². The molecule has 0 bridgehead atoms. The molecular formula is C26H32N4O3. The van der Waals surface area contributed by atoms with Gasteiger partial charge >= 0.3 is 0 Å². The van der Waals surface area contributed by atoms with Crippen LogP contribution in [0.15, 0.2) is 42.5 Å². The molecule has 4 rings (SSSR count). The number of amides is 3. The molecule has 2 heterocycles. The van der Waals surface area contributed by atoms with E-state index in [-0.39, 0.29) is 23.6 Å². The van der Waals surface area contributed by atoms with Crippen LogP contribution in [0.25, 0.3) is 0 Å². The Kier molecular flexibility index (Phi) is 7.08. The van der Waals surface area contributed by atoms with Crippen molar-refractivity contribution in [2.75, 3.05) is 43.4 Å². The van der Waals surface area contributed by atoms with Gasteiger partial charge in [0.2, 0.25) is 17.7 Å². The third-order valence-corrected chi connectivity index (χ3v) is 6.79. The molecule has 174 valence electrons. The molecule has 0 spiro atoms. The van der Waals surface area contributed by atoms with Gasteiger partial charge in [0.1, 0.15) is 0 Å². The van der Waals surface area contributed by atoms with Crippen LogP contribution < -0.4 is 10.6 Å². The summed E-state index contributed by atoms with van der Waals surface area (Å²) >= 11 is 0. The van der Waals surface area contributed by atoms with Gasteiger partial charge < -0.3 is 15.5 Å². The van der Waals surface area contributed by atoms with Crippen LogP contribution in [-0.2, 0) is 20.8 Å². The average Bonchev–Trinajstić information content (AvgIpc) is 2.81. The van der Waals surface area contributed by atoms with Crippen LogP contribution >= 0.6 is 0 Å². The van der Waals surface area contributed by atoms with E-state index in [1.165, 1.54) is 0 Å². The third kappa shape index (κ3) is 5.60. The summed E-state index contributed by atoms with van der Waals surface area (Å²) in [5.41, 5.74) is 5.08. The number of aryl methyl sites for hydroxylation is 1. The van der Waals surface area contributed by atoms with E-state index in [0.29, 0.717) is 52.0 Å². The fraction of sp³-hybridized carbons (Fsp3) is 0.423. The predicted molar refractivity (Wildman–Crippen MR) is 129 cm³/mol. The molecule has 0 aliphatic carbocycles. The topological polar surface area (TPSA) is 81.8 Å². The molecule has 3 amide bonds. The van der Waals surface area contributed by atoms with Gasteiger partial charge in [-0.2, -0.15) is 0 Å². The third-order valence-electron chi connectivity index (χ3n) is 6.79. The summed E-state index contributed by atoms with van der Waals surface area (Å²) in [6.07, 6.45) is 1.60. The van der Waals surface area contributed by atoms with Crippen molar-refractivity contribution in [3.8, 4) is 0 Å². The first-order chi connectivity index (χ1) is 15.9. The van der Waals surface area contributed by atoms with Crippen LogP contribution in [0.2, 0.25) is 0 Å². The second kappa shape index (κ2) is 10.2. The Hall–Kier alpha value is -3.19. The lowest BCUT2D eigenvalue weighted by molar-refractivity contribution is -0.133. The number of nitrogens with one attached hydrogen (secondary N) is 2. The number of carbonyl (C=O) groups excluding carboxylic acids is 3. The Bertz CT molecular complexity index is 1040. The number of para-hydroxylation sites is 1. The van der Waals surface area contributed by atoms with E-state index >= 15 is 0 Å². The number of hydrogen-bond acceptors (Lipinski definition) is 4. The van der Waals surface area contributed by atoms with Crippen LogP contribution in [0.5, 0.6) is 0 Å². The number of hydrogen-bond donors (Lipinski definition) is 2. The van der Waals surface area contributed by atoms with Crippen molar-refractivity contribution in [1.29, 1.82) is 0 Å². The highest BCUT2D eigenvalue weighted by atomic mass is 16.2. The van der Waals surface area contributed by atoms with E-state index in [4.69, 9.17) is 0 Å². The molecule has 7 nitrogen and oxygen atoms in total. The zero-order valence-corrected chi connectivity index (χ0v) is 19.4. The van der Waals surface area contributed by atoms with Crippen molar-refractivity contribution in [3.63, 3.8) is 0 Å². The van der Waals surface area contributed by atoms with Gasteiger partial charge in [-0.1, -0.05) is 30.3 Å². The minimum atomic E-state index is -0.168. The van der Waals surface area contributed by atoms with E-state index in [1.54, 1.807) is 0 Å². The molecular weight excluding hydrogens is 416 g/mol. The Labute approximate surface area is 195 Å². The monoisotopic (exact) mass is 448 g/mol. The standard InChI is InChI=1S/C26H32N4O3/c1-18-6-5-9-22(19(18)2)27-24(31)17-29-12-14-30(15-13-29)25(32)11-10-21-16-20-7-3-4-8-23(20)28-26(21)33/h3-9,21H,10-17H2,1-2H3,(H,27,31)(H,28,33). The predicted octanol–water partition coefficient (Wildman–Crippen LogP) is 2.98. The highest BCUT2D eigenvalue weighted by Gasteiger charge is 2.28. The molecule has 2 aliphatic rings. The summed E-state index contributed by atoms with van der Waals surface area (Å²) in [6.45, 7) is 6.90. The molecule has 33 heavy (non-hydrogen) atoms. The van der Waals surface area contributed by atoms with Gasteiger partial charge in [0.15, 0.2) is 0 Å². The summed E-state index contributed by atoms with van der Waals surface area (Å²) in [5.74, 6) is -0.117. The highest BCUT2D eigenvalue weighted by molar-refractivity contribution is 5.96. The minimum Gasteiger partial charge on any atom is -0.340 e. The van der Waals surface area contributed by atoms with Crippen molar-refractivity contribution in [1.82, 2.24) is 9.80 Å². The first kappa shape index (κ1) is 23.0. The number of carbonyl (C=O) groups is 3. The molecule has 2 aromatic rings. The molecule has 0 radical (unpaired) electrons. The Morgan fingerprint density at radius 2 is 1.79 bits per heavy atom. The van der Waals surface area contributed by atoms with Crippen LogP contribution in [-0.4, -0.2) is 60.2 Å². The van der Waals surface area contributed by atoms with Gasteiger partial charge in [-0.25, -0.2) is 0 Å². The van der Waals surface area contributed by atoms with E-state index in [9.17, 15) is 14.4 Å². The summed E-state index contributed by atoms with van der Waals surface area (Å²) in [6, 6.07) is 13.7. The van der Waals surface area contributed by atoms with Crippen molar-refractivity contribution < 1.29 is 14.4 Å². The summed E-state index contributed by atoms with van der Waals surface area (Å²) in [7, 11) is 0. The maximum atomic E-state index is 12.7. The molecule has 2 N–H and O–H groups in total. The first-order valence-corrected chi connectivity index (χ1v) is 11.7. The second-order valence-electron chi connectivity index (χ2n) is 9.04. The number of rotatable bonds is 6. The van der Waals surface area contributed by atoms with Gasteiger partial charge in [-0.3, -0.25) is 19.3 Å². The molecule has 1 unspecified atom stereocenters. The van der Waals surface area contributed by atoms with Gasteiger partial charge in [-0.05, 0) is 55.5 Å². The highest BCUT2D eigenvalue weighted by Crippen LogP contribution is 2.27.